The molecule has 0 amide bonds. The second-order valence-corrected chi connectivity index (χ2v) is 4.95. The molecule has 2 nitrogen and oxygen atoms in total. The van der Waals surface area contributed by atoms with E-state index in [0.717, 1.165) is 6.20 Å². The van der Waals surface area contributed by atoms with Gasteiger partial charge in [-0.25, -0.2) is 4.98 Å². The maximum Gasteiger partial charge on any atom is 0.418 e. The third-order valence-electron chi connectivity index (χ3n) is 1.92. The normalized spacial score (nSPS) is 12.9. The molecule has 0 aliphatic rings. The third-order valence-corrected chi connectivity index (χ3v) is 2.13. The van der Waals surface area contributed by atoms with Gasteiger partial charge in [-0.15, -0.1) is 0 Å². The Morgan fingerprint density at radius 2 is 1.88 bits per heavy atom. The lowest BCUT2D eigenvalue weighted by Gasteiger charge is -2.21. The summed E-state index contributed by atoms with van der Waals surface area (Å²) in [5.41, 5.74) is -1.34. The highest BCUT2D eigenvalue weighted by Gasteiger charge is 2.34. The number of halogens is 4. The molecule has 96 valence electrons. The maximum atomic E-state index is 12.7. The van der Waals surface area contributed by atoms with E-state index in [2.05, 4.69) is 4.98 Å². The van der Waals surface area contributed by atoms with Crippen LogP contribution in [0.4, 0.5) is 13.2 Å². The van der Waals surface area contributed by atoms with Crippen molar-refractivity contribution in [2.75, 3.05) is 0 Å². The van der Waals surface area contributed by atoms with Gasteiger partial charge in [0, 0.05) is 6.20 Å². The highest BCUT2D eigenvalue weighted by Crippen LogP contribution is 2.33. The van der Waals surface area contributed by atoms with Crippen LogP contribution in [-0.4, -0.2) is 10.6 Å². The molecule has 0 aromatic carbocycles. The molecule has 1 heterocycles. The van der Waals surface area contributed by atoms with Crippen LogP contribution in [0, 0.1) is 0 Å². The fraction of sp³-hybridized carbons (Fsp3) is 0.545. The van der Waals surface area contributed by atoms with Crippen LogP contribution in [0.15, 0.2) is 12.3 Å². The summed E-state index contributed by atoms with van der Waals surface area (Å²) in [4.78, 5) is 3.44. The fourth-order valence-electron chi connectivity index (χ4n) is 1.14. The zero-order valence-corrected chi connectivity index (χ0v) is 10.5. The van der Waals surface area contributed by atoms with Gasteiger partial charge in [0.1, 0.15) is 5.15 Å². The zero-order valence-electron chi connectivity index (χ0n) is 9.73. The second-order valence-electron chi connectivity index (χ2n) is 4.56. The van der Waals surface area contributed by atoms with Crippen LogP contribution in [0.25, 0.3) is 0 Å². The molecule has 0 spiro atoms. The van der Waals surface area contributed by atoms with Crippen molar-refractivity contribution in [2.45, 2.75) is 39.2 Å². The quantitative estimate of drug-likeness (QED) is 0.754. The van der Waals surface area contributed by atoms with Crippen molar-refractivity contribution in [3.63, 3.8) is 0 Å². The molecule has 1 rings (SSSR count). The minimum atomic E-state index is -4.45. The van der Waals surface area contributed by atoms with E-state index in [1.165, 1.54) is 6.07 Å². The van der Waals surface area contributed by atoms with Crippen LogP contribution in [0.2, 0.25) is 5.15 Å². The number of alkyl halides is 3. The molecule has 6 heteroatoms. The molecule has 1 aromatic rings. The molecule has 0 N–H and O–H groups in total. The van der Waals surface area contributed by atoms with Crippen molar-refractivity contribution in [1.29, 1.82) is 0 Å². The molecule has 1 aromatic heterocycles. The van der Waals surface area contributed by atoms with Crippen LogP contribution in [0.1, 0.15) is 31.9 Å². The van der Waals surface area contributed by atoms with E-state index < -0.39 is 17.3 Å². The molecular formula is C11H13ClF3NO. The standard InChI is InChI=1S/C11H13ClF3NO/c1-10(2,3)17-6-7-4-9(12)16-5-8(7)11(13,14)15/h4-5H,6H2,1-3H3. The van der Waals surface area contributed by atoms with Gasteiger partial charge in [-0.05, 0) is 32.4 Å². The molecule has 0 unspecified atom stereocenters. The van der Waals surface area contributed by atoms with Gasteiger partial charge < -0.3 is 4.74 Å². The van der Waals surface area contributed by atoms with E-state index in [1.807, 2.05) is 0 Å². The van der Waals surface area contributed by atoms with Crippen LogP contribution < -0.4 is 0 Å². The zero-order chi connectivity index (χ0) is 13.3. The number of hydrogen-bond acceptors (Lipinski definition) is 2. The summed E-state index contributed by atoms with van der Waals surface area (Å²) in [6.45, 7) is 5.15. The average molecular weight is 268 g/mol. The largest absolute Gasteiger partial charge is 0.418 e. The molecular weight excluding hydrogens is 255 g/mol. The Morgan fingerprint density at radius 3 is 2.35 bits per heavy atom. The fourth-order valence-corrected chi connectivity index (χ4v) is 1.32. The number of rotatable bonds is 2. The van der Waals surface area contributed by atoms with Crippen molar-refractivity contribution in [3.8, 4) is 0 Å². The first kappa shape index (κ1) is 14.3. The first-order valence-electron chi connectivity index (χ1n) is 4.95. The van der Waals surface area contributed by atoms with E-state index in [1.54, 1.807) is 20.8 Å². The highest BCUT2D eigenvalue weighted by molar-refractivity contribution is 6.29. The average Bonchev–Trinajstić information content (AvgIpc) is 2.11. The minimum Gasteiger partial charge on any atom is -0.371 e. The van der Waals surface area contributed by atoms with E-state index in [4.69, 9.17) is 16.3 Å². The van der Waals surface area contributed by atoms with Gasteiger partial charge in [-0.3, -0.25) is 0 Å². The Bertz CT molecular complexity index is 399. The molecule has 0 aliphatic carbocycles. The summed E-state index contributed by atoms with van der Waals surface area (Å²) in [5, 5.41) is 0.0190. The molecule has 0 atom stereocenters. The number of hydrogen-bond donors (Lipinski definition) is 0. The summed E-state index contributed by atoms with van der Waals surface area (Å²) in [6.07, 6.45) is -3.72. The SMILES string of the molecule is CC(C)(C)OCc1cc(Cl)ncc1C(F)(F)F. The molecule has 0 bridgehead atoms. The summed E-state index contributed by atoms with van der Waals surface area (Å²) < 4.78 is 43.3. The third kappa shape index (κ3) is 4.52. The van der Waals surface area contributed by atoms with Crippen molar-refractivity contribution in [1.82, 2.24) is 4.98 Å². The van der Waals surface area contributed by atoms with Gasteiger partial charge in [-0.2, -0.15) is 13.2 Å². The first-order valence-corrected chi connectivity index (χ1v) is 5.33. The Hall–Kier alpha value is -0.810. The monoisotopic (exact) mass is 267 g/mol. The maximum absolute atomic E-state index is 12.7. The topological polar surface area (TPSA) is 22.1 Å². The second kappa shape index (κ2) is 4.82. The van der Waals surface area contributed by atoms with Crippen molar-refractivity contribution < 1.29 is 17.9 Å². The lowest BCUT2D eigenvalue weighted by atomic mass is 10.1. The van der Waals surface area contributed by atoms with Crippen LogP contribution in [-0.2, 0) is 17.5 Å². The van der Waals surface area contributed by atoms with E-state index in [0.29, 0.717) is 0 Å². The van der Waals surface area contributed by atoms with Gasteiger partial charge in [0.25, 0.3) is 0 Å². The van der Waals surface area contributed by atoms with E-state index >= 15 is 0 Å². The Labute approximate surface area is 103 Å². The number of pyridine rings is 1. The summed E-state index contributed by atoms with van der Waals surface area (Å²) in [5.74, 6) is 0. The van der Waals surface area contributed by atoms with Crippen LogP contribution in [0.3, 0.4) is 0 Å². The van der Waals surface area contributed by atoms with Crippen molar-refractivity contribution in [3.05, 3.63) is 28.5 Å². The first-order chi connectivity index (χ1) is 7.59. The summed E-state index contributed by atoms with van der Waals surface area (Å²) in [7, 11) is 0. The van der Waals surface area contributed by atoms with Gasteiger partial charge in [-0.1, -0.05) is 11.6 Å². The predicted molar refractivity (Wildman–Crippen MR) is 58.8 cm³/mol. The highest BCUT2D eigenvalue weighted by atomic mass is 35.5. The molecule has 17 heavy (non-hydrogen) atoms. The number of nitrogens with zero attached hydrogens (tertiary/aromatic N) is 1. The van der Waals surface area contributed by atoms with Crippen LogP contribution in [0.5, 0.6) is 0 Å². The molecule has 0 saturated heterocycles. The number of ether oxygens (including phenoxy) is 1. The van der Waals surface area contributed by atoms with Gasteiger partial charge in [0.05, 0.1) is 17.8 Å². The number of aromatic nitrogens is 1. The minimum absolute atomic E-state index is 0.00701. The smallest absolute Gasteiger partial charge is 0.371 e. The Kier molecular flexibility index (Phi) is 4.04. The van der Waals surface area contributed by atoms with E-state index in [-0.39, 0.29) is 17.3 Å². The lowest BCUT2D eigenvalue weighted by Crippen LogP contribution is -2.20. The van der Waals surface area contributed by atoms with Gasteiger partial charge in [0.2, 0.25) is 0 Å². The Balaban J connectivity index is 3.00. The predicted octanol–water partition coefficient (Wildman–Crippen LogP) is 4.07. The Morgan fingerprint density at radius 1 is 1.29 bits per heavy atom. The lowest BCUT2D eigenvalue weighted by molar-refractivity contribution is -0.139. The van der Waals surface area contributed by atoms with Gasteiger partial charge in [0.15, 0.2) is 0 Å². The molecule has 0 aliphatic heterocycles. The van der Waals surface area contributed by atoms with Crippen LogP contribution >= 0.6 is 11.6 Å². The molecule has 0 fully saturated rings. The summed E-state index contributed by atoms with van der Waals surface area (Å²) >= 11 is 5.58. The van der Waals surface area contributed by atoms with Gasteiger partial charge >= 0.3 is 6.18 Å². The van der Waals surface area contributed by atoms with Crippen molar-refractivity contribution >= 4 is 11.6 Å². The summed E-state index contributed by atoms with van der Waals surface area (Å²) in [6, 6.07) is 1.18. The van der Waals surface area contributed by atoms with Crippen molar-refractivity contribution in [2.24, 2.45) is 0 Å². The van der Waals surface area contributed by atoms with E-state index in [9.17, 15) is 13.2 Å². The molecule has 0 saturated carbocycles. The molecule has 0 radical (unpaired) electrons.